The molecule has 3 rings (SSSR count). The molecule has 1 aromatic heterocycles. The molecule has 1 aromatic carbocycles. The van der Waals surface area contributed by atoms with Crippen LogP contribution in [-0.2, 0) is 6.54 Å². The second-order valence-corrected chi connectivity index (χ2v) is 5.32. The van der Waals surface area contributed by atoms with Crippen molar-refractivity contribution in [1.29, 1.82) is 0 Å². The molecule has 0 aliphatic carbocycles. The monoisotopic (exact) mass is 288 g/mol. The van der Waals surface area contributed by atoms with E-state index in [-0.39, 0.29) is 10.6 Å². The molecule has 0 bridgehead atoms. The van der Waals surface area contributed by atoms with Crippen LogP contribution in [0.5, 0.6) is 0 Å². The fourth-order valence-corrected chi connectivity index (χ4v) is 2.73. The van der Waals surface area contributed by atoms with Gasteiger partial charge in [0.2, 0.25) is 0 Å². The lowest BCUT2D eigenvalue weighted by Crippen LogP contribution is -3.13. The minimum Gasteiger partial charge on any atom is -0.472 e. The lowest BCUT2D eigenvalue weighted by atomic mass is 10.2. The molecule has 110 valence electrons. The zero-order valence-corrected chi connectivity index (χ0v) is 11.7. The molecule has 0 unspecified atom stereocenters. The van der Waals surface area contributed by atoms with Crippen LogP contribution in [0.15, 0.2) is 47.3 Å². The highest BCUT2D eigenvalue weighted by Crippen LogP contribution is 2.19. The molecule has 1 saturated heterocycles. The van der Waals surface area contributed by atoms with Crippen LogP contribution in [0.25, 0.3) is 0 Å². The lowest BCUT2D eigenvalue weighted by Gasteiger charge is -2.33. The van der Waals surface area contributed by atoms with Gasteiger partial charge in [0.15, 0.2) is 0 Å². The van der Waals surface area contributed by atoms with E-state index in [1.165, 1.54) is 10.5 Å². The highest BCUT2D eigenvalue weighted by molar-refractivity contribution is 5.50. The van der Waals surface area contributed by atoms with Crippen LogP contribution in [-0.4, -0.2) is 31.1 Å². The standard InChI is InChI=1S/C15H17N3O3/c19-18(20)15-3-1-14(2-4-15)17-8-6-16(7-9-17)11-13-5-10-21-12-13/h1-5,10,12H,6-9,11H2/p+1. The average Bonchev–Trinajstić information content (AvgIpc) is 3.01. The van der Waals surface area contributed by atoms with Crippen molar-refractivity contribution in [3.63, 3.8) is 0 Å². The summed E-state index contributed by atoms with van der Waals surface area (Å²) >= 11 is 0. The van der Waals surface area contributed by atoms with E-state index >= 15 is 0 Å². The number of benzene rings is 1. The number of non-ortho nitro benzene ring substituents is 1. The number of furan rings is 1. The van der Waals surface area contributed by atoms with Crippen molar-refractivity contribution in [1.82, 2.24) is 0 Å². The zero-order chi connectivity index (χ0) is 14.7. The molecule has 2 aromatic rings. The molecular weight excluding hydrogens is 270 g/mol. The first-order valence-corrected chi connectivity index (χ1v) is 7.06. The Labute approximate surface area is 122 Å². The van der Waals surface area contributed by atoms with Gasteiger partial charge in [0.05, 0.1) is 43.6 Å². The third kappa shape index (κ3) is 3.22. The molecule has 1 aliphatic rings. The molecule has 1 fully saturated rings. The number of nitro benzene ring substituents is 1. The molecular formula is C15H18N3O3+. The van der Waals surface area contributed by atoms with Gasteiger partial charge in [-0.2, -0.15) is 0 Å². The normalized spacial score (nSPS) is 16.1. The van der Waals surface area contributed by atoms with E-state index in [4.69, 9.17) is 4.42 Å². The molecule has 6 nitrogen and oxygen atoms in total. The molecule has 0 amide bonds. The zero-order valence-electron chi connectivity index (χ0n) is 11.7. The topological polar surface area (TPSA) is 64.0 Å². The molecule has 0 spiro atoms. The van der Waals surface area contributed by atoms with E-state index in [1.807, 2.05) is 18.2 Å². The minimum absolute atomic E-state index is 0.142. The summed E-state index contributed by atoms with van der Waals surface area (Å²) in [6, 6.07) is 8.81. The number of anilines is 1. The average molecular weight is 288 g/mol. The summed E-state index contributed by atoms with van der Waals surface area (Å²) in [5.41, 5.74) is 2.43. The SMILES string of the molecule is O=[N+]([O-])c1ccc(N2CC[NH+](Cc3ccoc3)CC2)cc1. The third-order valence-electron chi connectivity index (χ3n) is 3.93. The number of nitrogens with one attached hydrogen (secondary N) is 1. The largest absolute Gasteiger partial charge is 0.472 e. The van der Waals surface area contributed by atoms with Gasteiger partial charge in [-0.3, -0.25) is 10.1 Å². The predicted octanol–water partition coefficient (Wildman–Crippen LogP) is 1.09. The van der Waals surface area contributed by atoms with Crippen LogP contribution in [0.3, 0.4) is 0 Å². The first-order chi connectivity index (χ1) is 10.2. The highest BCUT2D eigenvalue weighted by atomic mass is 16.6. The van der Waals surface area contributed by atoms with Crippen LogP contribution in [0.1, 0.15) is 5.56 Å². The van der Waals surface area contributed by atoms with E-state index in [2.05, 4.69) is 4.90 Å². The number of rotatable bonds is 4. The Kier molecular flexibility index (Phi) is 3.87. The predicted molar refractivity (Wildman–Crippen MR) is 78.4 cm³/mol. The molecule has 6 heteroatoms. The van der Waals surface area contributed by atoms with E-state index in [9.17, 15) is 10.1 Å². The lowest BCUT2D eigenvalue weighted by molar-refractivity contribution is -0.914. The number of nitrogens with zero attached hydrogens (tertiary/aromatic N) is 2. The van der Waals surface area contributed by atoms with Gasteiger partial charge in [-0.25, -0.2) is 0 Å². The van der Waals surface area contributed by atoms with Gasteiger partial charge in [-0.1, -0.05) is 0 Å². The minimum atomic E-state index is -0.364. The Morgan fingerprint density at radius 1 is 1.19 bits per heavy atom. The Morgan fingerprint density at radius 2 is 1.90 bits per heavy atom. The second-order valence-electron chi connectivity index (χ2n) is 5.32. The Hall–Kier alpha value is -2.34. The summed E-state index contributed by atoms with van der Waals surface area (Å²) < 4.78 is 5.10. The summed E-state index contributed by atoms with van der Waals surface area (Å²) in [5.74, 6) is 0. The maximum atomic E-state index is 10.7. The van der Waals surface area contributed by atoms with E-state index in [0.717, 1.165) is 38.4 Å². The quantitative estimate of drug-likeness (QED) is 0.676. The second kappa shape index (κ2) is 5.97. The molecule has 0 saturated carbocycles. The fourth-order valence-electron chi connectivity index (χ4n) is 2.73. The third-order valence-corrected chi connectivity index (χ3v) is 3.93. The van der Waals surface area contributed by atoms with Gasteiger partial charge in [-0.15, -0.1) is 0 Å². The van der Waals surface area contributed by atoms with Gasteiger partial charge in [0.1, 0.15) is 6.54 Å². The maximum absolute atomic E-state index is 10.7. The van der Waals surface area contributed by atoms with Crippen molar-refractivity contribution in [2.24, 2.45) is 0 Å². The Bertz CT molecular complexity index is 587. The number of piperazine rings is 1. The summed E-state index contributed by atoms with van der Waals surface area (Å²) in [7, 11) is 0. The van der Waals surface area contributed by atoms with Crippen molar-refractivity contribution < 1.29 is 14.2 Å². The Morgan fingerprint density at radius 3 is 2.48 bits per heavy atom. The number of hydrogen-bond donors (Lipinski definition) is 1. The van der Waals surface area contributed by atoms with Crippen LogP contribution >= 0.6 is 0 Å². The van der Waals surface area contributed by atoms with Gasteiger partial charge in [-0.05, 0) is 18.2 Å². The van der Waals surface area contributed by atoms with Crippen LogP contribution in [0, 0.1) is 10.1 Å². The van der Waals surface area contributed by atoms with Gasteiger partial charge < -0.3 is 14.2 Å². The summed E-state index contributed by atoms with van der Waals surface area (Å²) in [5, 5.41) is 10.7. The van der Waals surface area contributed by atoms with Crippen LogP contribution in [0.4, 0.5) is 11.4 Å². The molecule has 21 heavy (non-hydrogen) atoms. The first-order valence-electron chi connectivity index (χ1n) is 7.06. The van der Waals surface area contributed by atoms with Gasteiger partial charge >= 0.3 is 0 Å². The molecule has 0 radical (unpaired) electrons. The summed E-state index contributed by atoms with van der Waals surface area (Å²) in [6.07, 6.45) is 3.51. The van der Waals surface area contributed by atoms with Crippen molar-refractivity contribution >= 4 is 11.4 Å². The maximum Gasteiger partial charge on any atom is 0.269 e. The van der Waals surface area contributed by atoms with E-state index in [1.54, 1.807) is 24.7 Å². The number of quaternary nitrogens is 1. The smallest absolute Gasteiger partial charge is 0.269 e. The van der Waals surface area contributed by atoms with Crippen LogP contribution in [0.2, 0.25) is 0 Å². The number of hydrogen-bond acceptors (Lipinski definition) is 4. The van der Waals surface area contributed by atoms with Crippen molar-refractivity contribution in [2.45, 2.75) is 6.54 Å². The fraction of sp³-hybridized carbons (Fsp3) is 0.333. The Balaban J connectivity index is 1.56. The summed E-state index contributed by atoms with van der Waals surface area (Å²) in [4.78, 5) is 14.1. The van der Waals surface area contributed by atoms with Gasteiger partial charge in [0, 0.05) is 23.4 Å². The van der Waals surface area contributed by atoms with Crippen molar-refractivity contribution in [3.8, 4) is 0 Å². The van der Waals surface area contributed by atoms with Crippen molar-refractivity contribution in [3.05, 3.63) is 58.5 Å². The first kappa shape index (κ1) is 13.6. The molecule has 0 atom stereocenters. The molecule has 2 heterocycles. The summed E-state index contributed by atoms with van der Waals surface area (Å²) in [6.45, 7) is 5.03. The van der Waals surface area contributed by atoms with Gasteiger partial charge in [0.25, 0.3) is 5.69 Å². The van der Waals surface area contributed by atoms with Crippen LogP contribution < -0.4 is 9.80 Å². The van der Waals surface area contributed by atoms with E-state index < -0.39 is 0 Å². The molecule has 1 N–H and O–H groups in total. The van der Waals surface area contributed by atoms with Crippen molar-refractivity contribution in [2.75, 3.05) is 31.1 Å². The highest BCUT2D eigenvalue weighted by Gasteiger charge is 2.21. The van der Waals surface area contributed by atoms with E-state index in [0.29, 0.717) is 0 Å². The molecule has 1 aliphatic heterocycles. The number of nitro groups is 1.